The third-order valence-electron chi connectivity index (χ3n) is 9.77. The number of hydrogen-bond acceptors (Lipinski definition) is 11. The monoisotopic (exact) mass is 805 g/mol. The molecule has 2 bridgehead atoms. The number of nitrogens with one attached hydrogen (secondary N) is 1. The van der Waals surface area contributed by atoms with E-state index in [0.29, 0.717) is 0 Å². The minimum atomic E-state index is -1.45. The Labute approximate surface area is 305 Å². The van der Waals surface area contributed by atoms with E-state index in [2.05, 4.69) is 27.9 Å². The van der Waals surface area contributed by atoms with Crippen molar-refractivity contribution in [3.05, 3.63) is 69.3 Å². The summed E-state index contributed by atoms with van der Waals surface area (Å²) in [4.78, 5) is 63.4. The van der Waals surface area contributed by atoms with Crippen LogP contribution < -0.4 is 5.32 Å². The maximum absolute atomic E-state index is 15.1. The molecule has 0 spiro atoms. The predicted octanol–water partition coefficient (Wildman–Crippen LogP) is 2.50. The molecule has 2 aromatic rings. The van der Waals surface area contributed by atoms with Gasteiger partial charge < -0.3 is 34.3 Å². The van der Waals surface area contributed by atoms with Crippen LogP contribution in [0.3, 0.4) is 0 Å². The van der Waals surface area contributed by atoms with Crippen LogP contribution in [0.2, 0.25) is 0 Å². The molecule has 2 N–H and O–H groups in total. The summed E-state index contributed by atoms with van der Waals surface area (Å²) in [6.45, 7) is 5.05. The predicted molar refractivity (Wildman–Crippen MR) is 186 cm³/mol. The van der Waals surface area contributed by atoms with Crippen LogP contribution in [0.25, 0.3) is 0 Å². The number of carbonyl (C=O) groups is 4. The highest BCUT2D eigenvalue weighted by molar-refractivity contribution is 14.1. The van der Waals surface area contributed by atoms with Crippen molar-refractivity contribution < 1.29 is 48.1 Å². The number of halogens is 1. The molecule has 14 heteroatoms. The van der Waals surface area contributed by atoms with Crippen molar-refractivity contribution in [3.63, 3.8) is 0 Å². The van der Waals surface area contributed by atoms with Gasteiger partial charge in [-0.15, -0.1) is 0 Å². The lowest BCUT2D eigenvalue weighted by Crippen LogP contribution is -2.70. The summed E-state index contributed by atoms with van der Waals surface area (Å²) in [6.07, 6.45) is -2.52. The van der Waals surface area contributed by atoms with Gasteiger partial charge in [0, 0.05) is 29.9 Å². The molecule has 1 saturated carbocycles. The molecule has 2 amide bonds. The lowest BCUT2D eigenvalue weighted by molar-refractivity contribution is -0.204. The SMILES string of the molecule is CN(C(=O)C12CC3OC(=O)C1N(Cc1ccc(I)cc1)OC2C1OCOC31)C(Cc1ccccc1)C(=O)NC(CO)CCC(=O)OC(C)(C)C. The summed E-state index contributed by atoms with van der Waals surface area (Å²) in [5.41, 5.74) is -0.445. The summed E-state index contributed by atoms with van der Waals surface area (Å²) in [7, 11) is 1.55. The zero-order valence-electron chi connectivity index (χ0n) is 28.6. The van der Waals surface area contributed by atoms with Gasteiger partial charge in [-0.25, -0.2) is 0 Å². The largest absolute Gasteiger partial charge is 0.460 e. The highest BCUT2D eigenvalue weighted by Crippen LogP contribution is 2.56. The van der Waals surface area contributed by atoms with Crippen molar-refractivity contribution in [1.29, 1.82) is 0 Å². The Morgan fingerprint density at radius 1 is 1.08 bits per heavy atom. The minimum absolute atomic E-state index is 0.0186. The molecular formula is C36H44IN3O10. The van der Waals surface area contributed by atoms with E-state index >= 15 is 4.79 Å². The van der Waals surface area contributed by atoms with Gasteiger partial charge in [-0.3, -0.25) is 24.0 Å². The molecule has 8 unspecified atom stereocenters. The molecule has 3 heterocycles. The van der Waals surface area contributed by atoms with Gasteiger partial charge >= 0.3 is 11.9 Å². The number of esters is 2. The highest BCUT2D eigenvalue weighted by atomic mass is 127. The number of aliphatic hydroxyl groups is 1. The molecule has 0 radical (unpaired) electrons. The number of benzene rings is 2. The van der Waals surface area contributed by atoms with Gasteiger partial charge in [-0.1, -0.05) is 42.5 Å². The lowest BCUT2D eigenvalue weighted by atomic mass is 9.62. The summed E-state index contributed by atoms with van der Waals surface area (Å²) >= 11 is 2.22. The number of rotatable bonds is 12. The number of fused-ring (bicyclic) bond motifs is 4. The molecule has 1 aliphatic carbocycles. The molecule has 0 aromatic heterocycles. The van der Waals surface area contributed by atoms with Gasteiger partial charge in [0.05, 0.1) is 19.2 Å². The van der Waals surface area contributed by atoms with E-state index < -0.39 is 83.9 Å². The van der Waals surface area contributed by atoms with Crippen LogP contribution in [0.1, 0.15) is 51.2 Å². The van der Waals surface area contributed by atoms with E-state index in [4.69, 9.17) is 23.8 Å². The molecule has 13 nitrogen and oxygen atoms in total. The molecule has 270 valence electrons. The van der Waals surface area contributed by atoms with Crippen molar-refractivity contribution >= 4 is 46.3 Å². The van der Waals surface area contributed by atoms with Gasteiger partial charge in [0.2, 0.25) is 11.8 Å². The summed E-state index contributed by atoms with van der Waals surface area (Å²) in [6, 6.07) is 14.1. The third kappa shape index (κ3) is 7.41. The Morgan fingerprint density at radius 3 is 2.46 bits per heavy atom. The zero-order valence-corrected chi connectivity index (χ0v) is 30.7. The van der Waals surface area contributed by atoms with Crippen molar-refractivity contribution in [2.24, 2.45) is 5.41 Å². The Kier molecular flexibility index (Phi) is 10.9. The Bertz CT molecular complexity index is 1570. The molecule has 2 aromatic carbocycles. The number of aliphatic hydroxyl groups excluding tert-OH is 1. The fraction of sp³-hybridized carbons (Fsp3) is 0.556. The second-order valence-corrected chi connectivity index (χ2v) is 15.6. The Hall–Kier alpha value is -3.15. The third-order valence-corrected chi connectivity index (χ3v) is 10.5. The van der Waals surface area contributed by atoms with Crippen LogP contribution in [0.5, 0.6) is 0 Å². The van der Waals surface area contributed by atoms with Crippen LogP contribution in [0.15, 0.2) is 54.6 Å². The topological polar surface area (TPSA) is 153 Å². The first-order valence-electron chi connectivity index (χ1n) is 16.9. The van der Waals surface area contributed by atoms with Crippen LogP contribution in [0.4, 0.5) is 0 Å². The van der Waals surface area contributed by atoms with E-state index in [1.165, 1.54) is 9.96 Å². The highest BCUT2D eigenvalue weighted by Gasteiger charge is 2.75. The molecule has 50 heavy (non-hydrogen) atoms. The van der Waals surface area contributed by atoms with Crippen molar-refractivity contribution in [1.82, 2.24) is 15.3 Å². The van der Waals surface area contributed by atoms with Crippen molar-refractivity contribution in [2.45, 2.75) is 101 Å². The molecule has 6 rings (SSSR count). The molecule has 8 atom stereocenters. The first kappa shape index (κ1) is 36.6. The summed E-state index contributed by atoms with van der Waals surface area (Å²) in [5, 5.41) is 14.5. The smallest absolute Gasteiger partial charge is 0.327 e. The number of ether oxygens (including phenoxy) is 4. The fourth-order valence-corrected chi connectivity index (χ4v) is 7.85. The van der Waals surface area contributed by atoms with Gasteiger partial charge in [0.1, 0.15) is 48.3 Å². The van der Waals surface area contributed by atoms with Crippen LogP contribution in [0, 0.1) is 8.99 Å². The number of hydroxylamine groups is 2. The average Bonchev–Trinajstić information content (AvgIpc) is 3.70. The molecular weight excluding hydrogens is 761 g/mol. The van der Waals surface area contributed by atoms with E-state index in [1.807, 2.05) is 54.6 Å². The number of nitrogens with zero attached hydrogens (tertiary/aromatic N) is 2. The van der Waals surface area contributed by atoms with E-state index in [9.17, 15) is 19.5 Å². The normalized spacial score (nSPS) is 28.3. The Balaban J connectivity index is 1.30. The van der Waals surface area contributed by atoms with E-state index in [1.54, 1.807) is 27.8 Å². The first-order chi connectivity index (χ1) is 23.8. The second-order valence-electron chi connectivity index (χ2n) is 14.4. The van der Waals surface area contributed by atoms with Crippen LogP contribution in [-0.4, -0.2) is 107 Å². The van der Waals surface area contributed by atoms with Gasteiger partial charge in [-0.2, -0.15) is 5.06 Å². The molecule has 4 aliphatic rings. The van der Waals surface area contributed by atoms with Gasteiger partial charge in [-0.05, 0) is 73.0 Å². The maximum Gasteiger partial charge on any atom is 0.327 e. The summed E-state index contributed by atoms with van der Waals surface area (Å²) < 4.78 is 24.2. The first-order valence-corrected chi connectivity index (χ1v) is 17.9. The standard InChI is InChI=1S/C36H44IN3O10/c1-35(2,3)49-27(42)15-14-24(19-41)38-32(43)25(16-21-8-6-5-7-9-21)39(4)34(45)36-17-26-28-29(47-20-46-28)31(36)50-40(30(36)33(44)48-26)18-22-10-12-23(37)13-11-22/h5-13,24-26,28-31,41H,14-20H2,1-4H3,(H,38,43). The fourth-order valence-electron chi connectivity index (χ4n) is 7.49. The van der Waals surface area contributed by atoms with Crippen LogP contribution in [-0.2, 0) is 55.9 Å². The second kappa shape index (κ2) is 14.8. The molecule has 3 saturated heterocycles. The lowest BCUT2D eigenvalue weighted by Gasteiger charge is -2.50. The van der Waals surface area contributed by atoms with E-state index in [0.717, 1.165) is 14.7 Å². The van der Waals surface area contributed by atoms with Crippen molar-refractivity contribution in [3.8, 4) is 0 Å². The number of likely N-dealkylation sites (N-methyl/N-ethyl adjacent to an activating group) is 1. The minimum Gasteiger partial charge on any atom is -0.460 e. The number of hydrogen-bond donors (Lipinski definition) is 2. The quantitative estimate of drug-likeness (QED) is 0.241. The van der Waals surface area contributed by atoms with Crippen LogP contribution >= 0.6 is 22.6 Å². The molecule has 4 fully saturated rings. The van der Waals surface area contributed by atoms with Gasteiger partial charge in [0.25, 0.3) is 0 Å². The average molecular weight is 806 g/mol. The van der Waals surface area contributed by atoms with E-state index in [-0.39, 0.29) is 39.0 Å². The maximum atomic E-state index is 15.1. The summed E-state index contributed by atoms with van der Waals surface area (Å²) in [5.74, 6) is -2.03. The Morgan fingerprint density at radius 2 is 1.78 bits per heavy atom. The van der Waals surface area contributed by atoms with Gasteiger partial charge in [0.15, 0.2) is 6.04 Å². The molecule has 3 aliphatic heterocycles. The zero-order chi connectivity index (χ0) is 35.8. The number of amides is 2. The van der Waals surface area contributed by atoms with Crippen molar-refractivity contribution in [2.75, 3.05) is 20.4 Å². The number of carbonyl (C=O) groups excluding carboxylic acids is 4.